The van der Waals surface area contributed by atoms with E-state index < -0.39 is 0 Å². The van der Waals surface area contributed by atoms with E-state index in [4.69, 9.17) is 4.74 Å². The molecular formula is C17H23N3O2. The van der Waals surface area contributed by atoms with Crippen LogP contribution in [0.4, 0.5) is 0 Å². The standard InChI is InChI=1S/C17H23N3O2/c1-10-15(17(21)20-8-13-7-14(13)9-20)11(2)19-16(18-10)12-3-5-22-6-4-12/h12-14H,3-9H2,1-2H3. The predicted molar refractivity (Wildman–Crippen MR) is 81.8 cm³/mol. The second kappa shape index (κ2) is 5.30. The van der Waals surface area contributed by atoms with Gasteiger partial charge in [-0.1, -0.05) is 0 Å². The SMILES string of the molecule is Cc1nc(C2CCOCC2)nc(C)c1C(=O)N1CC2CC2C1. The zero-order chi connectivity index (χ0) is 15.3. The number of likely N-dealkylation sites (tertiary alicyclic amines) is 1. The van der Waals surface area contributed by atoms with Crippen LogP contribution in [0.2, 0.25) is 0 Å². The first-order valence-electron chi connectivity index (χ1n) is 8.35. The fourth-order valence-electron chi connectivity index (χ4n) is 3.91. The second-order valence-corrected chi connectivity index (χ2v) is 6.98. The van der Waals surface area contributed by atoms with Gasteiger partial charge in [0.25, 0.3) is 5.91 Å². The van der Waals surface area contributed by atoms with Crippen LogP contribution in [0.5, 0.6) is 0 Å². The summed E-state index contributed by atoms with van der Waals surface area (Å²) in [6, 6.07) is 0. The van der Waals surface area contributed by atoms with Crippen molar-refractivity contribution in [1.29, 1.82) is 0 Å². The van der Waals surface area contributed by atoms with E-state index in [1.54, 1.807) is 0 Å². The Bertz CT molecular complexity index is 577. The highest BCUT2D eigenvalue weighted by molar-refractivity contribution is 5.96. The molecule has 3 fully saturated rings. The number of fused-ring (bicyclic) bond motifs is 1. The molecule has 22 heavy (non-hydrogen) atoms. The summed E-state index contributed by atoms with van der Waals surface area (Å²) < 4.78 is 5.41. The van der Waals surface area contributed by atoms with Crippen molar-refractivity contribution >= 4 is 5.91 Å². The van der Waals surface area contributed by atoms with Crippen molar-refractivity contribution in [3.8, 4) is 0 Å². The van der Waals surface area contributed by atoms with E-state index in [1.807, 2.05) is 18.7 Å². The molecule has 5 nitrogen and oxygen atoms in total. The number of hydrogen-bond acceptors (Lipinski definition) is 4. The van der Waals surface area contributed by atoms with Crippen molar-refractivity contribution in [2.75, 3.05) is 26.3 Å². The number of hydrogen-bond donors (Lipinski definition) is 0. The first-order chi connectivity index (χ1) is 10.6. The van der Waals surface area contributed by atoms with E-state index in [2.05, 4.69) is 9.97 Å². The molecule has 0 radical (unpaired) electrons. The lowest BCUT2D eigenvalue weighted by Gasteiger charge is -2.23. The minimum absolute atomic E-state index is 0.126. The van der Waals surface area contributed by atoms with Crippen LogP contribution in [0.3, 0.4) is 0 Å². The average molecular weight is 301 g/mol. The number of ether oxygens (including phenoxy) is 1. The summed E-state index contributed by atoms with van der Waals surface area (Å²) >= 11 is 0. The van der Waals surface area contributed by atoms with Crippen molar-refractivity contribution in [3.05, 3.63) is 22.8 Å². The number of carbonyl (C=O) groups is 1. The third-order valence-corrected chi connectivity index (χ3v) is 5.35. The molecule has 0 N–H and O–H groups in total. The van der Waals surface area contributed by atoms with Crippen LogP contribution < -0.4 is 0 Å². The third-order valence-electron chi connectivity index (χ3n) is 5.35. The summed E-state index contributed by atoms with van der Waals surface area (Å²) in [6.07, 6.45) is 3.25. The van der Waals surface area contributed by atoms with Crippen molar-refractivity contribution in [2.45, 2.75) is 39.0 Å². The van der Waals surface area contributed by atoms with E-state index >= 15 is 0 Å². The van der Waals surface area contributed by atoms with E-state index in [9.17, 15) is 4.79 Å². The van der Waals surface area contributed by atoms with Crippen LogP contribution in [-0.4, -0.2) is 47.1 Å². The molecule has 3 heterocycles. The summed E-state index contributed by atoms with van der Waals surface area (Å²) in [4.78, 5) is 24.1. The second-order valence-electron chi connectivity index (χ2n) is 6.98. The number of amides is 1. The molecule has 0 spiro atoms. The Balaban J connectivity index is 1.58. The Hall–Kier alpha value is -1.49. The molecule has 1 amide bonds. The first-order valence-corrected chi connectivity index (χ1v) is 8.35. The molecular weight excluding hydrogens is 278 g/mol. The number of nitrogens with zero attached hydrogens (tertiary/aromatic N) is 3. The van der Waals surface area contributed by atoms with Gasteiger partial charge in [-0.2, -0.15) is 0 Å². The lowest BCUT2D eigenvalue weighted by molar-refractivity contribution is 0.0770. The normalized spacial score (nSPS) is 27.8. The van der Waals surface area contributed by atoms with Crippen LogP contribution in [0, 0.1) is 25.7 Å². The highest BCUT2D eigenvalue weighted by atomic mass is 16.5. The number of aryl methyl sites for hydroxylation is 2. The Morgan fingerprint density at radius 1 is 1.09 bits per heavy atom. The topological polar surface area (TPSA) is 55.3 Å². The largest absolute Gasteiger partial charge is 0.381 e. The van der Waals surface area contributed by atoms with Crippen LogP contribution in [0.25, 0.3) is 0 Å². The quantitative estimate of drug-likeness (QED) is 0.839. The molecule has 3 aliphatic rings. The zero-order valence-corrected chi connectivity index (χ0v) is 13.3. The summed E-state index contributed by atoms with van der Waals surface area (Å²) in [5.41, 5.74) is 2.39. The Labute approximate surface area is 131 Å². The van der Waals surface area contributed by atoms with Gasteiger partial charge >= 0.3 is 0 Å². The fourth-order valence-corrected chi connectivity index (χ4v) is 3.91. The van der Waals surface area contributed by atoms with Crippen molar-refractivity contribution in [3.63, 3.8) is 0 Å². The number of rotatable bonds is 2. The molecule has 2 saturated heterocycles. The average Bonchev–Trinajstić information content (AvgIpc) is 3.13. The van der Waals surface area contributed by atoms with Crippen molar-refractivity contribution in [1.82, 2.24) is 14.9 Å². The van der Waals surface area contributed by atoms with Gasteiger partial charge in [0.05, 0.1) is 17.0 Å². The van der Waals surface area contributed by atoms with Crippen LogP contribution in [0.15, 0.2) is 0 Å². The number of piperidine rings is 1. The van der Waals surface area contributed by atoms with Gasteiger partial charge in [0.1, 0.15) is 5.82 Å². The van der Waals surface area contributed by atoms with Gasteiger partial charge in [0.15, 0.2) is 0 Å². The summed E-state index contributed by atoms with van der Waals surface area (Å²) in [6.45, 7) is 7.30. The molecule has 1 aliphatic carbocycles. The van der Waals surface area contributed by atoms with Crippen molar-refractivity contribution in [2.24, 2.45) is 11.8 Å². The molecule has 1 aromatic heterocycles. The molecule has 0 aromatic carbocycles. The van der Waals surface area contributed by atoms with Gasteiger partial charge in [-0.3, -0.25) is 4.79 Å². The number of carbonyl (C=O) groups excluding carboxylic acids is 1. The monoisotopic (exact) mass is 301 g/mol. The predicted octanol–water partition coefficient (Wildman–Crippen LogP) is 2.08. The van der Waals surface area contributed by atoms with Gasteiger partial charge in [-0.25, -0.2) is 9.97 Å². The van der Waals surface area contributed by atoms with Gasteiger partial charge in [0.2, 0.25) is 0 Å². The summed E-state index contributed by atoms with van der Waals surface area (Å²) in [7, 11) is 0. The molecule has 2 unspecified atom stereocenters. The van der Waals surface area contributed by atoms with Gasteiger partial charge < -0.3 is 9.64 Å². The first kappa shape index (κ1) is 14.1. The third kappa shape index (κ3) is 2.41. The Morgan fingerprint density at radius 3 is 2.27 bits per heavy atom. The molecule has 1 saturated carbocycles. The van der Waals surface area contributed by atoms with E-state index in [0.717, 1.165) is 73.8 Å². The molecule has 118 valence electrons. The highest BCUT2D eigenvalue weighted by Gasteiger charge is 2.47. The van der Waals surface area contributed by atoms with E-state index in [-0.39, 0.29) is 5.91 Å². The van der Waals surface area contributed by atoms with E-state index in [1.165, 1.54) is 6.42 Å². The maximum Gasteiger partial charge on any atom is 0.257 e. The zero-order valence-electron chi connectivity index (χ0n) is 13.3. The lowest BCUT2D eigenvalue weighted by atomic mass is 9.98. The van der Waals surface area contributed by atoms with Crippen molar-refractivity contribution < 1.29 is 9.53 Å². The van der Waals surface area contributed by atoms with E-state index in [0.29, 0.717) is 5.92 Å². The fraction of sp³-hybridized carbons (Fsp3) is 0.706. The lowest BCUT2D eigenvalue weighted by Crippen LogP contribution is -2.32. The Morgan fingerprint density at radius 2 is 1.68 bits per heavy atom. The molecule has 1 aromatic rings. The van der Waals surface area contributed by atoms with Crippen LogP contribution >= 0.6 is 0 Å². The molecule has 2 aliphatic heterocycles. The molecule has 2 atom stereocenters. The Kier molecular flexibility index (Phi) is 3.40. The van der Waals surface area contributed by atoms with Crippen LogP contribution in [-0.2, 0) is 4.74 Å². The van der Waals surface area contributed by atoms with Crippen LogP contribution in [0.1, 0.15) is 52.8 Å². The van der Waals surface area contributed by atoms with Gasteiger partial charge in [0, 0.05) is 32.2 Å². The highest BCUT2D eigenvalue weighted by Crippen LogP contribution is 2.45. The smallest absolute Gasteiger partial charge is 0.257 e. The summed E-state index contributed by atoms with van der Waals surface area (Å²) in [5.74, 6) is 2.90. The number of aromatic nitrogens is 2. The molecule has 4 rings (SSSR count). The summed E-state index contributed by atoms with van der Waals surface area (Å²) in [5, 5.41) is 0. The maximum atomic E-state index is 12.8. The minimum atomic E-state index is 0.126. The maximum absolute atomic E-state index is 12.8. The van der Waals surface area contributed by atoms with Gasteiger partial charge in [-0.05, 0) is 44.9 Å². The minimum Gasteiger partial charge on any atom is -0.381 e. The van der Waals surface area contributed by atoms with Gasteiger partial charge in [-0.15, -0.1) is 0 Å². The molecule has 5 heteroatoms. The molecule has 0 bridgehead atoms.